The number of nitrogens with zero attached hydrogens (tertiary/aromatic N) is 5. The van der Waals surface area contributed by atoms with Gasteiger partial charge in [-0.1, -0.05) is 12.1 Å². The van der Waals surface area contributed by atoms with E-state index in [-0.39, 0.29) is 17.7 Å². The summed E-state index contributed by atoms with van der Waals surface area (Å²) in [5, 5.41) is 0. The summed E-state index contributed by atoms with van der Waals surface area (Å²) in [6, 6.07) is 7.66. The van der Waals surface area contributed by atoms with E-state index in [9.17, 15) is 9.59 Å². The van der Waals surface area contributed by atoms with Crippen LogP contribution in [-0.4, -0.2) is 77.3 Å². The molecule has 0 N–H and O–H groups in total. The van der Waals surface area contributed by atoms with Crippen LogP contribution in [0.15, 0.2) is 30.5 Å². The van der Waals surface area contributed by atoms with Gasteiger partial charge in [0, 0.05) is 33.1 Å². The van der Waals surface area contributed by atoms with Crippen molar-refractivity contribution in [2.24, 2.45) is 5.92 Å². The maximum atomic E-state index is 12.7. The summed E-state index contributed by atoms with van der Waals surface area (Å²) in [6.07, 6.45) is 2.00. The first-order chi connectivity index (χ1) is 12.4. The molecule has 1 fully saturated rings. The standard InChI is InChI=1S/C19H25N5O2/c1-22(2)8-9-24-12-14(10-18(24)25)19(26)23(3)13-15-11-20-16-6-4-5-7-17(16)21-15/h4-7,11,14H,8-10,12-13H2,1-3H3. The van der Waals surface area contributed by atoms with Crippen LogP contribution in [0.2, 0.25) is 0 Å². The highest BCUT2D eigenvalue weighted by Crippen LogP contribution is 2.20. The molecular formula is C19H25N5O2. The van der Waals surface area contributed by atoms with E-state index in [1.165, 1.54) is 0 Å². The average molecular weight is 355 g/mol. The van der Waals surface area contributed by atoms with Gasteiger partial charge in [-0.3, -0.25) is 14.6 Å². The topological polar surface area (TPSA) is 69.6 Å². The van der Waals surface area contributed by atoms with E-state index in [1.54, 1.807) is 23.0 Å². The van der Waals surface area contributed by atoms with Gasteiger partial charge in [0.05, 0.1) is 35.4 Å². The Morgan fingerprint density at radius 3 is 2.69 bits per heavy atom. The van der Waals surface area contributed by atoms with Crippen molar-refractivity contribution in [1.29, 1.82) is 0 Å². The number of likely N-dealkylation sites (N-methyl/N-ethyl adjacent to an activating group) is 1. The summed E-state index contributed by atoms with van der Waals surface area (Å²) in [7, 11) is 5.70. The minimum Gasteiger partial charge on any atom is -0.341 e. The SMILES string of the molecule is CN(C)CCN1CC(C(=O)N(C)Cc2cnc3ccccc3n2)CC1=O. The first kappa shape index (κ1) is 18.3. The number of likely N-dealkylation sites (tertiary alicyclic amines) is 1. The second-order valence-electron chi connectivity index (χ2n) is 7.09. The van der Waals surface area contributed by atoms with Gasteiger partial charge in [-0.2, -0.15) is 0 Å². The van der Waals surface area contributed by atoms with Gasteiger partial charge >= 0.3 is 0 Å². The molecule has 1 aliphatic rings. The third-order valence-electron chi connectivity index (χ3n) is 4.65. The minimum absolute atomic E-state index is 0.0133. The molecule has 7 nitrogen and oxygen atoms in total. The Labute approximate surface area is 153 Å². The molecule has 1 aromatic carbocycles. The van der Waals surface area contributed by atoms with Crippen molar-refractivity contribution in [3.05, 3.63) is 36.2 Å². The van der Waals surface area contributed by atoms with Gasteiger partial charge in [-0.15, -0.1) is 0 Å². The van der Waals surface area contributed by atoms with Crippen molar-refractivity contribution in [3.8, 4) is 0 Å². The van der Waals surface area contributed by atoms with Crippen LogP contribution in [0.4, 0.5) is 0 Å². The van der Waals surface area contributed by atoms with Crippen LogP contribution in [0.3, 0.4) is 0 Å². The molecule has 1 unspecified atom stereocenters. The van der Waals surface area contributed by atoms with Crippen molar-refractivity contribution in [2.45, 2.75) is 13.0 Å². The molecule has 0 spiro atoms. The van der Waals surface area contributed by atoms with Crippen molar-refractivity contribution in [2.75, 3.05) is 40.8 Å². The number of hydrogen-bond donors (Lipinski definition) is 0. The Morgan fingerprint density at radius 2 is 1.96 bits per heavy atom. The van der Waals surface area contributed by atoms with Gasteiger partial charge in [0.2, 0.25) is 11.8 Å². The van der Waals surface area contributed by atoms with E-state index in [4.69, 9.17) is 0 Å². The smallest absolute Gasteiger partial charge is 0.228 e. The van der Waals surface area contributed by atoms with E-state index in [2.05, 4.69) is 9.97 Å². The van der Waals surface area contributed by atoms with Crippen LogP contribution in [0.25, 0.3) is 11.0 Å². The Kier molecular flexibility index (Phi) is 5.46. The number of carbonyl (C=O) groups is 2. The van der Waals surface area contributed by atoms with E-state index in [1.807, 2.05) is 43.3 Å². The molecule has 1 aromatic heterocycles. The highest BCUT2D eigenvalue weighted by Gasteiger charge is 2.35. The van der Waals surface area contributed by atoms with Gasteiger partial charge in [0.25, 0.3) is 0 Å². The van der Waals surface area contributed by atoms with Crippen LogP contribution in [0.5, 0.6) is 0 Å². The predicted molar refractivity (Wildman–Crippen MR) is 99.3 cm³/mol. The second-order valence-corrected chi connectivity index (χ2v) is 7.09. The number of para-hydroxylation sites is 2. The first-order valence-electron chi connectivity index (χ1n) is 8.82. The van der Waals surface area contributed by atoms with Crippen molar-refractivity contribution in [1.82, 2.24) is 24.7 Å². The zero-order chi connectivity index (χ0) is 18.7. The zero-order valence-electron chi connectivity index (χ0n) is 15.6. The lowest BCUT2D eigenvalue weighted by Crippen LogP contribution is -2.36. The molecule has 7 heteroatoms. The minimum atomic E-state index is -0.275. The number of aromatic nitrogens is 2. The molecule has 3 rings (SSSR count). The number of rotatable bonds is 6. The summed E-state index contributed by atoms with van der Waals surface area (Å²) in [6.45, 7) is 2.35. The Balaban J connectivity index is 1.61. The fourth-order valence-electron chi connectivity index (χ4n) is 3.18. The maximum absolute atomic E-state index is 12.7. The molecule has 0 saturated carbocycles. The fourth-order valence-corrected chi connectivity index (χ4v) is 3.18. The van der Waals surface area contributed by atoms with Gasteiger partial charge in [0.15, 0.2) is 0 Å². The first-order valence-corrected chi connectivity index (χ1v) is 8.82. The number of hydrogen-bond acceptors (Lipinski definition) is 5. The van der Waals surface area contributed by atoms with Crippen molar-refractivity contribution in [3.63, 3.8) is 0 Å². The maximum Gasteiger partial charge on any atom is 0.228 e. The van der Waals surface area contributed by atoms with Crippen molar-refractivity contribution < 1.29 is 9.59 Å². The van der Waals surface area contributed by atoms with Crippen LogP contribution in [0.1, 0.15) is 12.1 Å². The third kappa shape index (κ3) is 4.16. The zero-order valence-corrected chi connectivity index (χ0v) is 15.6. The van der Waals surface area contributed by atoms with E-state index >= 15 is 0 Å². The second kappa shape index (κ2) is 7.78. The molecule has 0 radical (unpaired) electrons. The average Bonchev–Trinajstić information content (AvgIpc) is 3.00. The van der Waals surface area contributed by atoms with Gasteiger partial charge in [-0.25, -0.2) is 4.98 Å². The Hall–Kier alpha value is -2.54. The summed E-state index contributed by atoms with van der Waals surface area (Å²) in [4.78, 5) is 39.3. The Morgan fingerprint density at radius 1 is 1.23 bits per heavy atom. The quantitative estimate of drug-likeness (QED) is 0.773. The molecule has 1 aliphatic heterocycles. The Bertz CT molecular complexity index is 807. The van der Waals surface area contributed by atoms with Crippen molar-refractivity contribution >= 4 is 22.8 Å². The third-order valence-corrected chi connectivity index (χ3v) is 4.65. The van der Waals surface area contributed by atoms with Crippen LogP contribution in [-0.2, 0) is 16.1 Å². The highest BCUT2D eigenvalue weighted by molar-refractivity contribution is 5.89. The van der Waals surface area contributed by atoms with Gasteiger partial charge < -0.3 is 14.7 Å². The lowest BCUT2D eigenvalue weighted by atomic mass is 10.1. The number of amides is 2. The normalized spacial score (nSPS) is 17.3. The molecule has 1 saturated heterocycles. The molecule has 2 heterocycles. The van der Waals surface area contributed by atoms with Crippen LogP contribution in [0, 0.1) is 5.92 Å². The summed E-state index contributed by atoms with van der Waals surface area (Å²) in [5.41, 5.74) is 2.40. The van der Waals surface area contributed by atoms with Crippen LogP contribution < -0.4 is 0 Å². The van der Waals surface area contributed by atoms with Crippen LogP contribution >= 0.6 is 0 Å². The van der Waals surface area contributed by atoms with E-state index < -0.39 is 0 Å². The summed E-state index contributed by atoms with van der Waals surface area (Å²) >= 11 is 0. The summed E-state index contributed by atoms with van der Waals surface area (Å²) < 4.78 is 0. The number of fused-ring (bicyclic) bond motifs is 1. The highest BCUT2D eigenvalue weighted by atomic mass is 16.2. The molecule has 0 aliphatic carbocycles. The van der Waals surface area contributed by atoms with E-state index in [0.717, 1.165) is 23.3 Å². The monoisotopic (exact) mass is 355 g/mol. The van der Waals surface area contributed by atoms with E-state index in [0.29, 0.717) is 26.1 Å². The predicted octanol–water partition coefficient (Wildman–Crippen LogP) is 0.998. The molecule has 0 bridgehead atoms. The molecule has 26 heavy (non-hydrogen) atoms. The molecule has 2 amide bonds. The largest absolute Gasteiger partial charge is 0.341 e. The molecule has 138 valence electrons. The number of benzene rings is 1. The number of carbonyl (C=O) groups excluding carboxylic acids is 2. The molecular weight excluding hydrogens is 330 g/mol. The fraction of sp³-hybridized carbons (Fsp3) is 0.474. The molecule has 2 aromatic rings. The lowest BCUT2D eigenvalue weighted by Gasteiger charge is -2.22. The summed E-state index contributed by atoms with van der Waals surface area (Å²) in [5.74, 6) is -0.229. The molecule has 1 atom stereocenters. The lowest BCUT2D eigenvalue weighted by molar-refractivity contribution is -0.135. The van der Waals surface area contributed by atoms with Gasteiger partial charge in [0.1, 0.15) is 0 Å². The van der Waals surface area contributed by atoms with Gasteiger partial charge in [-0.05, 0) is 26.2 Å².